The van der Waals surface area contributed by atoms with Crippen molar-refractivity contribution >= 4 is 29.1 Å². The quantitative estimate of drug-likeness (QED) is 0.808. The molecule has 0 radical (unpaired) electrons. The van der Waals surface area contributed by atoms with Crippen molar-refractivity contribution < 1.29 is 14.3 Å². The van der Waals surface area contributed by atoms with E-state index in [4.69, 9.17) is 4.74 Å². The Kier molecular flexibility index (Phi) is 4.71. The van der Waals surface area contributed by atoms with Crippen molar-refractivity contribution in [3.8, 4) is 0 Å². The molecule has 120 valence electrons. The van der Waals surface area contributed by atoms with E-state index in [2.05, 4.69) is 4.37 Å². The van der Waals surface area contributed by atoms with Crippen molar-refractivity contribution in [2.24, 2.45) is 0 Å². The molecule has 1 atom stereocenters. The smallest absolute Gasteiger partial charge is 0.306 e. The Labute approximate surface area is 139 Å². The van der Waals surface area contributed by atoms with Crippen LogP contribution in [0.1, 0.15) is 41.7 Å². The fraction of sp³-hybridized carbons (Fsp3) is 0.353. The maximum absolute atomic E-state index is 12.6. The Hall–Kier alpha value is -2.21. The monoisotopic (exact) mass is 330 g/mol. The second-order valence-corrected chi connectivity index (χ2v) is 6.06. The first-order chi connectivity index (χ1) is 11.2. The maximum Gasteiger partial charge on any atom is 0.306 e. The summed E-state index contributed by atoms with van der Waals surface area (Å²) in [7, 11) is 0. The molecular formula is C17H18N2O3S. The molecular weight excluding hydrogens is 312 g/mol. The van der Waals surface area contributed by atoms with Gasteiger partial charge in [-0.3, -0.25) is 9.59 Å². The molecule has 1 aliphatic rings. The summed E-state index contributed by atoms with van der Waals surface area (Å²) in [5.74, 6) is -0.190. The van der Waals surface area contributed by atoms with Crippen LogP contribution in [0.3, 0.4) is 0 Å². The lowest BCUT2D eigenvalue weighted by atomic mass is 9.87. The van der Waals surface area contributed by atoms with Gasteiger partial charge in [0.1, 0.15) is 5.69 Å². The molecule has 0 fully saturated rings. The Morgan fingerprint density at radius 1 is 1.35 bits per heavy atom. The van der Waals surface area contributed by atoms with Crippen LogP contribution in [0.2, 0.25) is 0 Å². The molecule has 2 aromatic rings. The van der Waals surface area contributed by atoms with E-state index in [0.717, 1.165) is 17.7 Å². The van der Waals surface area contributed by atoms with Crippen LogP contribution in [0.4, 0.5) is 5.69 Å². The van der Waals surface area contributed by atoms with Crippen molar-refractivity contribution in [1.29, 1.82) is 0 Å². The highest BCUT2D eigenvalue weighted by Gasteiger charge is 2.31. The lowest BCUT2D eigenvalue weighted by molar-refractivity contribution is -0.143. The molecule has 1 aromatic carbocycles. The van der Waals surface area contributed by atoms with Gasteiger partial charge in [-0.15, -0.1) is 0 Å². The third-order valence-corrected chi connectivity index (χ3v) is 4.55. The summed E-state index contributed by atoms with van der Waals surface area (Å²) in [5.41, 5.74) is 2.36. The van der Waals surface area contributed by atoms with Crippen LogP contribution in [0.5, 0.6) is 0 Å². The van der Waals surface area contributed by atoms with E-state index in [9.17, 15) is 9.59 Å². The number of hydrogen-bond donors (Lipinski definition) is 0. The summed E-state index contributed by atoms with van der Waals surface area (Å²) >= 11 is 1.27. The number of benzene rings is 1. The van der Waals surface area contributed by atoms with Gasteiger partial charge >= 0.3 is 5.97 Å². The normalized spacial score (nSPS) is 16.7. The summed E-state index contributed by atoms with van der Waals surface area (Å²) < 4.78 is 9.20. The zero-order valence-electron chi connectivity index (χ0n) is 12.9. The molecule has 3 rings (SSSR count). The molecule has 0 aliphatic carbocycles. The van der Waals surface area contributed by atoms with Gasteiger partial charge < -0.3 is 9.64 Å². The number of ether oxygens (including phenoxy) is 1. The van der Waals surface area contributed by atoms with Gasteiger partial charge in [0.05, 0.1) is 13.0 Å². The molecule has 0 saturated heterocycles. The Balaban J connectivity index is 1.86. The predicted octanol–water partition coefficient (Wildman–Crippen LogP) is 3.23. The number of esters is 1. The number of fused-ring (bicyclic) bond motifs is 1. The van der Waals surface area contributed by atoms with Gasteiger partial charge in [-0.25, -0.2) is 0 Å². The first-order valence-corrected chi connectivity index (χ1v) is 8.51. The zero-order valence-corrected chi connectivity index (χ0v) is 13.7. The van der Waals surface area contributed by atoms with Crippen molar-refractivity contribution in [3.05, 3.63) is 47.0 Å². The minimum atomic E-state index is -0.188. The first-order valence-electron chi connectivity index (χ1n) is 7.67. The average Bonchev–Trinajstić information content (AvgIpc) is 3.09. The largest absolute Gasteiger partial charge is 0.466 e. The number of nitrogens with zero attached hydrogens (tertiary/aromatic N) is 2. The third-order valence-electron chi connectivity index (χ3n) is 3.99. The number of carbonyl (C=O) groups is 2. The summed E-state index contributed by atoms with van der Waals surface area (Å²) in [6.45, 7) is 2.78. The van der Waals surface area contributed by atoms with Gasteiger partial charge in [0, 0.05) is 17.6 Å². The standard InChI is InChI=1S/C17H18N2O3S/c1-2-22-16(20)11-12-7-9-19(15-6-4-3-5-13(12)15)17(21)14-8-10-23-18-14/h3-6,8,10,12H,2,7,9,11H2,1H3. The number of rotatable bonds is 4. The average molecular weight is 330 g/mol. The van der Waals surface area contributed by atoms with Gasteiger partial charge in [0.2, 0.25) is 0 Å². The predicted molar refractivity (Wildman–Crippen MR) is 88.8 cm³/mol. The van der Waals surface area contributed by atoms with Crippen LogP contribution in [0.15, 0.2) is 35.7 Å². The van der Waals surface area contributed by atoms with Gasteiger partial charge in [-0.1, -0.05) is 18.2 Å². The van der Waals surface area contributed by atoms with E-state index in [1.807, 2.05) is 24.3 Å². The molecule has 6 heteroatoms. The summed E-state index contributed by atoms with van der Waals surface area (Å²) in [5, 5.41) is 1.80. The van der Waals surface area contributed by atoms with Crippen LogP contribution >= 0.6 is 11.5 Å². The van der Waals surface area contributed by atoms with Gasteiger partial charge in [0.25, 0.3) is 5.91 Å². The van der Waals surface area contributed by atoms with Crippen molar-refractivity contribution in [2.75, 3.05) is 18.1 Å². The number of hydrogen-bond acceptors (Lipinski definition) is 5. The van der Waals surface area contributed by atoms with Crippen molar-refractivity contribution in [2.45, 2.75) is 25.7 Å². The SMILES string of the molecule is CCOC(=O)CC1CCN(C(=O)c2ccsn2)c2ccccc21. The topological polar surface area (TPSA) is 59.5 Å². The molecule has 0 N–H and O–H groups in total. The third kappa shape index (κ3) is 3.27. The van der Waals surface area contributed by atoms with Gasteiger partial charge in [0.15, 0.2) is 0 Å². The van der Waals surface area contributed by atoms with E-state index in [0.29, 0.717) is 25.3 Å². The lowest BCUT2D eigenvalue weighted by Gasteiger charge is -2.33. The Morgan fingerprint density at radius 3 is 2.91 bits per heavy atom. The van der Waals surface area contributed by atoms with Crippen LogP contribution < -0.4 is 4.90 Å². The molecule has 1 amide bonds. The second kappa shape index (κ2) is 6.91. The van der Waals surface area contributed by atoms with Crippen LogP contribution in [-0.4, -0.2) is 29.4 Å². The number of amides is 1. The van der Waals surface area contributed by atoms with Crippen molar-refractivity contribution in [3.63, 3.8) is 0 Å². The Bertz CT molecular complexity index is 700. The number of anilines is 1. The maximum atomic E-state index is 12.6. The molecule has 5 nitrogen and oxygen atoms in total. The summed E-state index contributed by atoms with van der Waals surface area (Å²) in [6.07, 6.45) is 1.09. The highest BCUT2D eigenvalue weighted by molar-refractivity contribution is 7.03. The zero-order chi connectivity index (χ0) is 16.2. The lowest BCUT2D eigenvalue weighted by Crippen LogP contribution is -2.37. The fourth-order valence-electron chi connectivity index (χ4n) is 2.94. The molecule has 0 spiro atoms. The molecule has 0 bridgehead atoms. The van der Waals surface area contributed by atoms with E-state index in [1.54, 1.807) is 23.3 Å². The Morgan fingerprint density at radius 2 is 2.17 bits per heavy atom. The number of aromatic nitrogens is 1. The molecule has 2 heterocycles. The van der Waals surface area contributed by atoms with E-state index in [-0.39, 0.29) is 17.8 Å². The van der Waals surface area contributed by atoms with E-state index in [1.165, 1.54) is 11.5 Å². The highest BCUT2D eigenvalue weighted by atomic mass is 32.1. The number of carbonyl (C=O) groups excluding carboxylic acids is 2. The molecule has 1 aromatic heterocycles. The van der Waals surface area contributed by atoms with Crippen LogP contribution in [0.25, 0.3) is 0 Å². The minimum absolute atomic E-state index is 0.0877. The molecule has 0 saturated carbocycles. The fourth-order valence-corrected chi connectivity index (χ4v) is 3.45. The van der Waals surface area contributed by atoms with Crippen LogP contribution in [-0.2, 0) is 9.53 Å². The molecule has 23 heavy (non-hydrogen) atoms. The van der Waals surface area contributed by atoms with E-state index >= 15 is 0 Å². The number of para-hydroxylation sites is 1. The summed E-state index contributed by atoms with van der Waals surface area (Å²) in [4.78, 5) is 26.2. The van der Waals surface area contributed by atoms with E-state index < -0.39 is 0 Å². The molecule has 1 unspecified atom stereocenters. The first kappa shape index (κ1) is 15.7. The second-order valence-electron chi connectivity index (χ2n) is 5.40. The van der Waals surface area contributed by atoms with Crippen molar-refractivity contribution in [1.82, 2.24) is 4.37 Å². The summed E-state index contributed by atoms with van der Waals surface area (Å²) in [6, 6.07) is 9.50. The van der Waals surface area contributed by atoms with Gasteiger partial charge in [-0.05, 0) is 48.5 Å². The van der Waals surface area contributed by atoms with Crippen LogP contribution in [0, 0.1) is 0 Å². The minimum Gasteiger partial charge on any atom is -0.466 e. The van der Waals surface area contributed by atoms with Gasteiger partial charge in [-0.2, -0.15) is 4.37 Å². The molecule has 1 aliphatic heterocycles. The highest BCUT2D eigenvalue weighted by Crippen LogP contribution is 2.37.